The average Bonchev–Trinajstić information content (AvgIpc) is 3.46. The summed E-state index contributed by atoms with van der Waals surface area (Å²) < 4.78 is 7.04. The van der Waals surface area contributed by atoms with Gasteiger partial charge in [0.15, 0.2) is 6.61 Å². The van der Waals surface area contributed by atoms with Crippen LogP contribution >= 0.6 is 0 Å². The van der Waals surface area contributed by atoms with Gasteiger partial charge in [0.2, 0.25) is 0 Å². The Morgan fingerprint density at radius 2 is 1.87 bits per heavy atom. The lowest BCUT2D eigenvalue weighted by atomic mass is 10.1. The topological polar surface area (TPSA) is 89.0 Å². The zero-order chi connectivity index (χ0) is 21.4. The van der Waals surface area contributed by atoms with Crippen LogP contribution in [0.15, 0.2) is 60.7 Å². The zero-order valence-electron chi connectivity index (χ0n) is 17.1. The molecule has 2 aromatic heterocycles. The van der Waals surface area contributed by atoms with Crippen molar-refractivity contribution in [2.24, 2.45) is 0 Å². The fraction of sp³-hybridized carbons (Fsp3) is 0.208. The first-order valence-electron chi connectivity index (χ1n) is 10.3. The highest BCUT2D eigenvalue weighted by Crippen LogP contribution is 2.40. The summed E-state index contributed by atoms with van der Waals surface area (Å²) in [5.74, 6) is 0.0753. The van der Waals surface area contributed by atoms with Gasteiger partial charge in [-0.1, -0.05) is 36.4 Å². The van der Waals surface area contributed by atoms with E-state index in [-0.39, 0.29) is 6.61 Å². The predicted molar refractivity (Wildman–Crippen MR) is 117 cm³/mol. The maximum absolute atomic E-state index is 12.6. The highest BCUT2D eigenvalue weighted by Gasteiger charge is 2.28. The van der Waals surface area contributed by atoms with Crippen LogP contribution < -0.4 is 5.32 Å². The minimum atomic E-state index is -0.527. The Hall–Kier alpha value is -3.87. The Bertz CT molecular complexity index is 1270. The summed E-state index contributed by atoms with van der Waals surface area (Å²) >= 11 is 0. The summed E-state index contributed by atoms with van der Waals surface area (Å²) in [7, 11) is 0. The fourth-order valence-corrected chi connectivity index (χ4v) is 3.75. The molecule has 31 heavy (non-hydrogen) atoms. The number of aromatic amines is 1. The number of aromatic nitrogens is 3. The van der Waals surface area contributed by atoms with Crippen molar-refractivity contribution in [3.63, 3.8) is 0 Å². The molecule has 0 bridgehead atoms. The molecule has 1 aliphatic rings. The molecule has 7 heteroatoms. The molecule has 2 aromatic carbocycles. The van der Waals surface area contributed by atoms with Crippen LogP contribution in [0, 0.1) is 6.92 Å². The van der Waals surface area contributed by atoms with E-state index in [1.807, 2.05) is 67.6 Å². The quantitative estimate of drug-likeness (QED) is 0.460. The molecular formula is C24H22N4O3. The smallest absolute Gasteiger partial charge is 0.341 e. The first-order valence-corrected chi connectivity index (χ1v) is 10.3. The first kappa shape index (κ1) is 19.1. The number of amides is 1. The Kier molecular flexibility index (Phi) is 4.78. The minimum absolute atomic E-state index is 0.378. The number of nitrogens with zero attached hydrogens (tertiary/aromatic N) is 2. The third kappa shape index (κ3) is 3.82. The summed E-state index contributed by atoms with van der Waals surface area (Å²) in [6.45, 7) is 1.44. The lowest BCUT2D eigenvalue weighted by molar-refractivity contribution is -0.119. The van der Waals surface area contributed by atoms with E-state index in [1.165, 1.54) is 0 Å². The third-order valence-corrected chi connectivity index (χ3v) is 5.42. The van der Waals surface area contributed by atoms with Crippen molar-refractivity contribution < 1.29 is 14.3 Å². The van der Waals surface area contributed by atoms with Crippen LogP contribution in [0.3, 0.4) is 0 Å². The lowest BCUT2D eigenvalue weighted by Gasteiger charge is -2.09. The summed E-state index contributed by atoms with van der Waals surface area (Å²) in [6.07, 6.45) is 2.22. The van der Waals surface area contributed by atoms with Crippen molar-refractivity contribution in [2.75, 3.05) is 11.9 Å². The van der Waals surface area contributed by atoms with E-state index in [0.29, 0.717) is 23.0 Å². The number of aryl methyl sites for hydroxylation is 1. The van der Waals surface area contributed by atoms with Crippen molar-refractivity contribution in [3.05, 3.63) is 77.6 Å². The van der Waals surface area contributed by atoms with Gasteiger partial charge in [0, 0.05) is 28.6 Å². The number of rotatable bonds is 6. The second kappa shape index (κ2) is 7.75. The number of carbonyl (C=O) groups is 2. The van der Waals surface area contributed by atoms with Gasteiger partial charge in [0.1, 0.15) is 5.82 Å². The monoisotopic (exact) mass is 414 g/mol. The van der Waals surface area contributed by atoms with Crippen LogP contribution in [0.4, 0.5) is 5.82 Å². The standard InChI is InChI=1S/C24H22N4O3/c1-15-23(18-9-5-6-10-19(18)25-15)24(30)31-14-22(29)26-21-13-20(16-11-12-16)27-28(21)17-7-3-2-4-8-17/h2-10,13,16,25H,11-12,14H2,1H3,(H,26,29). The van der Waals surface area contributed by atoms with Gasteiger partial charge in [-0.25, -0.2) is 9.48 Å². The van der Waals surface area contributed by atoms with Crippen LogP contribution in [-0.2, 0) is 9.53 Å². The van der Waals surface area contributed by atoms with Gasteiger partial charge < -0.3 is 15.0 Å². The molecule has 2 N–H and O–H groups in total. The van der Waals surface area contributed by atoms with E-state index in [1.54, 1.807) is 4.68 Å². The second-order valence-electron chi connectivity index (χ2n) is 7.77. The second-order valence-corrected chi connectivity index (χ2v) is 7.77. The average molecular weight is 414 g/mol. The predicted octanol–water partition coefficient (Wildman–Crippen LogP) is 4.33. The first-order chi connectivity index (χ1) is 15.1. The van der Waals surface area contributed by atoms with Crippen molar-refractivity contribution in [1.82, 2.24) is 14.8 Å². The van der Waals surface area contributed by atoms with Gasteiger partial charge in [-0.3, -0.25) is 4.79 Å². The molecule has 0 atom stereocenters. The number of hydrogen-bond donors (Lipinski definition) is 2. The SMILES string of the molecule is Cc1[nH]c2ccccc2c1C(=O)OCC(=O)Nc1cc(C2CC2)nn1-c1ccccc1. The van der Waals surface area contributed by atoms with Crippen molar-refractivity contribution >= 4 is 28.6 Å². The molecule has 0 unspecified atom stereocenters. The zero-order valence-corrected chi connectivity index (χ0v) is 17.1. The molecule has 156 valence electrons. The molecule has 1 amide bonds. The number of anilines is 1. The number of esters is 1. The normalized spacial score (nSPS) is 13.3. The molecule has 1 saturated carbocycles. The molecular weight excluding hydrogens is 392 g/mol. The molecule has 0 spiro atoms. The highest BCUT2D eigenvalue weighted by atomic mass is 16.5. The molecule has 2 heterocycles. The summed E-state index contributed by atoms with van der Waals surface area (Å²) in [4.78, 5) is 28.4. The number of H-pyrrole nitrogens is 1. The molecule has 4 aromatic rings. The van der Waals surface area contributed by atoms with Gasteiger partial charge in [-0.15, -0.1) is 0 Å². The lowest BCUT2D eigenvalue weighted by Crippen LogP contribution is -2.22. The largest absolute Gasteiger partial charge is 0.452 e. The maximum Gasteiger partial charge on any atom is 0.341 e. The summed E-state index contributed by atoms with van der Waals surface area (Å²) in [5.41, 5.74) is 3.84. The van der Waals surface area contributed by atoms with E-state index in [4.69, 9.17) is 4.74 Å². The molecule has 0 aliphatic heterocycles. The Morgan fingerprint density at radius 3 is 2.65 bits per heavy atom. The number of hydrogen-bond acceptors (Lipinski definition) is 4. The van der Waals surface area contributed by atoms with E-state index in [9.17, 15) is 9.59 Å². The van der Waals surface area contributed by atoms with Crippen molar-refractivity contribution in [1.29, 1.82) is 0 Å². The summed E-state index contributed by atoms with van der Waals surface area (Å²) in [6, 6.07) is 19.0. The van der Waals surface area contributed by atoms with Crippen LogP contribution in [0.2, 0.25) is 0 Å². The van der Waals surface area contributed by atoms with Crippen LogP contribution in [-0.4, -0.2) is 33.2 Å². The molecule has 0 saturated heterocycles. The number of ether oxygens (including phenoxy) is 1. The number of carbonyl (C=O) groups excluding carboxylic acids is 2. The minimum Gasteiger partial charge on any atom is -0.452 e. The molecule has 7 nitrogen and oxygen atoms in total. The van der Waals surface area contributed by atoms with E-state index >= 15 is 0 Å². The highest BCUT2D eigenvalue weighted by molar-refractivity contribution is 6.06. The van der Waals surface area contributed by atoms with E-state index < -0.39 is 11.9 Å². The van der Waals surface area contributed by atoms with Crippen LogP contribution in [0.1, 0.15) is 40.5 Å². The van der Waals surface area contributed by atoms with E-state index in [0.717, 1.165) is 35.1 Å². The van der Waals surface area contributed by atoms with Crippen molar-refractivity contribution in [3.8, 4) is 5.69 Å². The Labute approximate surface area is 179 Å². The molecule has 0 radical (unpaired) electrons. The summed E-state index contributed by atoms with van der Waals surface area (Å²) in [5, 5.41) is 8.29. The third-order valence-electron chi connectivity index (χ3n) is 5.42. The van der Waals surface area contributed by atoms with Crippen LogP contribution in [0.5, 0.6) is 0 Å². The number of fused-ring (bicyclic) bond motifs is 1. The molecule has 1 fully saturated rings. The van der Waals surface area contributed by atoms with E-state index in [2.05, 4.69) is 15.4 Å². The molecule has 1 aliphatic carbocycles. The van der Waals surface area contributed by atoms with Crippen LogP contribution in [0.25, 0.3) is 16.6 Å². The number of para-hydroxylation sites is 2. The Balaban J connectivity index is 1.31. The van der Waals surface area contributed by atoms with Crippen molar-refractivity contribution in [2.45, 2.75) is 25.7 Å². The van der Waals surface area contributed by atoms with Gasteiger partial charge in [-0.2, -0.15) is 5.10 Å². The molecule has 5 rings (SSSR count). The van der Waals surface area contributed by atoms with Gasteiger partial charge in [0.05, 0.1) is 16.9 Å². The Morgan fingerprint density at radius 1 is 1.13 bits per heavy atom. The van der Waals surface area contributed by atoms with Gasteiger partial charge in [-0.05, 0) is 38.0 Å². The fourth-order valence-electron chi connectivity index (χ4n) is 3.75. The van der Waals surface area contributed by atoms with Gasteiger partial charge >= 0.3 is 5.97 Å². The number of nitrogens with one attached hydrogen (secondary N) is 2. The maximum atomic E-state index is 12.6. The van der Waals surface area contributed by atoms with Gasteiger partial charge in [0.25, 0.3) is 5.91 Å². The number of benzene rings is 2.